The largest absolute Gasteiger partial charge is 0.398 e. The molecule has 2 N–H and O–H groups in total. The molecule has 0 fully saturated rings. The van der Waals surface area contributed by atoms with E-state index in [2.05, 4.69) is 42.5 Å². The second-order valence-electron chi connectivity index (χ2n) is 4.08. The molecule has 0 radical (unpaired) electrons. The second-order valence-corrected chi connectivity index (χ2v) is 4.08. The van der Waals surface area contributed by atoms with E-state index in [0.717, 1.165) is 5.69 Å². The van der Waals surface area contributed by atoms with Gasteiger partial charge in [0.2, 0.25) is 0 Å². The van der Waals surface area contributed by atoms with Crippen LogP contribution < -0.4 is 5.73 Å². The van der Waals surface area contributed by atoms with Crippen LogP contribution in [0.2, 0.25) is 0 Å². The van der Waals surface area contributed by atoms with E-state index in [9.17, 15) is 0 Å². The first-order chi connectivity index (χ1) is 7.36. The fourth-order valence-corrected chi connectivity index (χ4v) is 2.41. The minimum absolute atomic E-state index is 0.471. The summed E-state index contributed by atoms with van der Waals surface area (Å²) in [4.78, 5) is 0. The summed E-state index contributed by atoms with van der Waals surface area (Å²) in [6.07, 6.45) is 13.1. The minimum atomic E-state index is 0.471. The summed E-state index contributed by atoms with van der Waals surface area (Å²) in [6.45, 7) is 0. The number of rotatable bonds is 0. The topological polar surface area (TPSA) is 26.0 Å². The molecule has 0 saturated carbocycles. The highest BCUT2D eigenvalue weighted by Crippen LogP contribution is 2.39. The van der Waals surface area contributed by atoms with Gasteiger partial charge in [0, 0.05) is 23.1 Å². The maximum Gasteiger partial charge on any atom is 0.0390 e. The Hall–Kier alpha value is -1.76. The molecular formula is C14H13N. The van der Waals surface area contributed by atoms with Crippen molar-refractivity contribution in [1.29, 1.82) is 0 Å². The lowest BCUT2D eigenvalue weighted by atomic mass is 9.77. The number of hydrogen-bond acceptors (Lipinski definition) is 1. The van der Waals surface area contributed by atoms with E-state index in [0.29, 0.717) is 11.8 Å². The van der Waals surface area contributed by atoms with Gasteiger partial charge in [0.25, 0.3) is 0 Å². The maximum absolute atomic E-state index is 5.97. The molecule has 0 saturated heterocycles. The van der Waals surface area contributed by atoms with E-state index in [4.69, 9.17) is 5.73 Å². The molecular weight excluding hydrogens is 182 g/mol. The first-order valence-electron chi connectivity index (χ1n) is 5.28. The number of anilines is 1. The molecule has 0 aromatic heterocycles. The van der Waals surface area contributed by atoms with Gasteiger partial charge in [0.15, 0.2) is 0 Å². The Morgan fingerprint density at radius 1 is 1.00 bits per heavy atom. The van der Waals surface area contributed by atoms with Crippen molar-refractivity contribution in [2.75, 3.05) is 5.73 Å². The van der Waals surface area contributed by atoms with Crippen LogP contribution in [0.5, 0.6) is 0 Å². The predicted octanol–water partition coefficient (Wildman–Crippen LogP) is 3.12. The number of nitrogens with two attached hydrogens (primary N) is 1. The molecule has 2 aliphatic rings. The van der Waals surface area contributed by atoms with Crippen LogP contribution in [-0.4, -0.2) is 0 Å². The number of nitrogen functional groups attached to an aromatic ring is 1. The van der Waals surface area contributed by atoms with Crippen LogP contribution in [0.25, 0.3) is 6.08 Å². The highest BCUT2D eigenvalue weighted by atomic mass is 14.6. The zero-order valence-electron chi connectivity index (χ0n) is 8.43. The Kier molecular flexibility index (Phi) is 1.78. The van der Waals surface area contributed by atoms with Gasteiger partial charge >= 0.3 is 0 Å². The van der Waals surface area contributed by atoms with Crippen molar-refractivity contribution in [2.45, 2.75) is 5.92 Å². The highest BCUT2D eigenvalue weighted by molar-refractivity contribution is 5.71. The van der Waals surface area contributed by atoms with Crippen LogP contribution in [0.4, 0.5) is 5.69 Å². The van der Waals surface area contributed by atoms with E-state index in [1.807, 2.05) is 12.1 Å². The molecule has 1 aromatic carbocycles. The van der Waals surface area contributed by atoms with Crippen molar-refractivity contribution in [3.63, 3.8) is 0 Å². The van der Waals surface area contributed by atoms with Crippen LogP contribution in [0.3, 0.4) is 0 Å². The average molecular weight is 195 g/mol. The van der Waals surface area contributed by atoms with Crippen LogP contribution in [0.15, 0.2) is 48.6 Å². The molecule has 0 amide bonds. The highest BCUT2D eigenvalue weighted by Gasteiger charge is 2.24. The SMILES string of the molecule is Nc1cccc2c1C=C[C@@H]1C=CC=CC21. The monoisotopic (exact) mass is 195 g/mol. The third kappa shape index (κ3) is 1.23. The van der Waals surface area contributed by atoms with Gasteiger partial charge in [0.1, 0.15) is 0 Å². The molecule has 15 heavy (non-hydrogen) atoms. The Balaban J connectivity index is 2.18. The van der Waals surface area contributed by atoms with Gasteiger partial charge in [0.05, 0.1) is 0 Å². The summed E-state index contributed by atoms with van der Waals surface area (Å²) < 4.78 is 0. The van der Waals surface area contributed by atoms with Crippen LogP contribution in [0, 0.1) is 5.92 Å². The summed E-state index contributed by atoms with van der Waals surface area (Å²) in [6, 6.07) is 6.18. The normalized spacial score (nSPS) is 26.1. The molecule has 2 atom stereocenters. The van der Waals surface area contributed by atoms with Crippen molar-refractivity contribution in [3.05, 3.63) is 59.7 Å². The summed E-state index contributed by atoms with van der Waals surface area (Å²) >= 11 is 0. The van der Waals surface area contributed by atoms with Gasteiger partial charge in [-0.05, 0) is 11.6 Å². The van der Waals surface area contributed by atoms with E-state index in [1.54, 1.807) is 0 Å². The van der Waals surface area contributed by atoms with Crippen molar-refractivity contribution >= 4 is 11.8 Å². The second kappa shape index (κ2) is 3.13. The van der Waals surface area contributed by atoms with E-state index >= 15 is 0 Å². The fourth-order valence-electron chi connectivity index (χ4n) is 2.41. The fraction of sp³-hybridized carbons (Fsp3) is 0.143. The molecule has 1 nitrogen and oxygen atoms in total. The molecule has 1 heteroatoms. The zero-order valence-corrected chi connectivity index (χ0v) is 8.43. The van der Waals surface area contributed by atoms with Crippen molar-refractivity contribution in [1.82, 2.24) is 0 Å². The third-order valence-electron chi connectivity index (χ3n) is 3.20. The Morgan fingerprint density at radius 3 is 2.80 bits per heavy atom. The molecule has 0 spiro atoms. The zero-order chi connectivity index (χ0) is 10.3. The smallest absolute Gasteiger partial charge is 0.0390 e. The lowest BCUT2D eigenvalue weighted by Gasteiger charge is -2.27. The van der Waals surface area contributed by atoms with E-state index in [1.165, 1.54) is 11.1 Å². The predicted molar refractivity (Wildman–Crippen MR) is 64.4 cm³/mol. The van der Waals surface area contributed by atoms with Crippen LogP contribution in [0.1, 0.15) is 17.0 Å². The maximum atomic E-state index is 5.97. The molecule has 1 aromatic rings. The molecule has 3 rings (SSSR count). The van der Waals surface area contributed by atoms with Gasteiger partial charge in [-0.2, -0.15) is 0 Å². The number of benzene rings is 1. The average Bonchev–Trinajstić information content (AvgIpc) is 2.29. The van der Waals surface area contributed by atoms with Gasteiger partial charge in [-0.1, -0.05) is 48.6 Å². The first kappa shape index (κ1) is 8.54. The summed E-state index contributed by atoms with van der Waals surface area (Å²) in [5.41, 5.74) is 9.39. The van der Waals surface area contributed by atoms with Gasteiger partial charge < -0.3 is 5.73 Å². The third-order valence-corrected chi connectivity index (χ3v) is 3.20. The molecule has 0 bridgehead atoms. The molecule has 2 aliphatic carbocycles. The van der Waals surface area contributed by atoms with Gasteiger partial charge in [-0.25, -0.2) is 0 Å². The molecule has 1 unspecified atom stereocenters. The first-order valence-corrected chi connectivity index (χ1v) is 5.28. The Bertz CT molecular complexity index is 480. The van der Waals surface area contributed by atoms with Crippen molar-refractivity contribution < 1.29 is 0 Å². The van der Waals surface area contributed by atoms with Crippen LogP contribution in [-0.2, 0) is 0 Å². The van der Waals surface area contributed by atoms with Gasteiger partial charge in [-0.3, -0.25) is 0 Å². The summed E-state index contributed by atoms with van der Waals surface area (Å²) in [5, 5.41) is 0. The Morgan fingerprint density at radius 2 is 1.87 bits per heavy atom. The molecule has 0 heterocycles. The van der Waals surface area contributed by atoms with Gasteiger partial charge in [-0.15, -0.1) is 0 Å². The quantitative estimate of drug-likeness (QED) is 0.632. The minimum Gasteiger partial charge on any atom is -0.398 e. The van der Waals surface area contributed by atoms with Crippen molar-refractivity contribution in [2.24, 2.45) is 5.92 Å². The van der Waals surface area contributed by atoms with E-state index < -0.39 is 0 Å². The van der Waals surface area contributed by atoms with Crippen molar-refractivity contribution in [3.8, 4) is 0 Å². The number of fused-ring (bicyclic) bond motifs is 3. The standard InChI is InChI=1S/C14H13N/c15-14-7-3-6-12-11-5-2-1-4-10(11)8-9-13(12)14/h1-11H,15H2/t10-,11?/m0/s1. The van der Waals surface area contributed by atoms with Crippen LogP contribution >= 0.6 is 0 Å². The lowest BCUT2D eigenvalue weighted by molar-refractivity contribution is 0.692. The van der Waals surface area contributed by atoms with E-state index in [-0.39, 0.29) is 0 Å². The Labute approximate surface area is 89.6 Å². The molecule has 0 aliphatic heterocycles. The molecule has 74 valence electrons. The number of hydrogen-bond donors (Lipinski definition) is 1. The summed E-state index contributed by atoms with van der Waals surface area (Å²) in [5.74, 6) is 0.975. The lowest BCUT2D eigenvalue weighted by Crippen LogP contribution is -2.14. The summed E-state index contributed by atoms with van der Waals surface area (Å²) in [7, 11) is 0. The number of allylic oxidation sites excluding steroid dienone is 5.